The highest BCUT2D eigenvalue weighted by Crippen LogP contribution is 2.44. The topological polar surface area (TPSA) is 41.9 Å². The number of hydrogen-bond acceptors (Lipinski definition) is 4. The van der Waals surface area contributed by atoms with Gasteiger partial charge in [0.1, 0.15) is 11.5 Å². The van der Waals surface area contributed by atoms with Crippen molar-refractivity contribution in [3.8, 4) is 11.5 Å². The van der Waals surface area contributed by atoms with Crippen molar-refractivity contribution in [3.63, 3.8) is 0 Å². The smallest absolute Gasteiger partial charge is 0.119 e. The second-order valence-electron chi connectivity index (χ2n) is 7.89. The van der Waals surface area contributed by atoms with Crippen LogP contribution >= 0.6 is 0 Å². The lowest BCUT2D eigenvalue weighted by Gasteiger charge is -2.34. The van der Waals surface area contributed by atoms with Crippen LogP contribution in [0.1, 0.15) is 24.0 Å². The molecule has 2 aromatic carbocycles. The molecule has 0 bridgehead atoms. The molecular weight excluding hydrogens is 350 g/mol. The summed E-state index contributed by atoms with van der Waals surface area (Å²) in [5.74, 6) is 1.85. The van der Waals surface area contributed by atoms with Gasteiger partial charge >= 0.3 is 0 Å². The minimum Gasteiger partial charge on any atom is -0.497 e. The maximum atomic E-state index is 11.9. The Morgan fingerprint density at radius 3 is 2.43 bits per heavy atom. The molecule has 1 aliphatic carbocycles. The summed E-state index contributed by atoms with van der Waals surface area (Å²) in [5, 5.41) is 11.9. The summed E-state index contributed by atoms with van der Waals surface area (Å²) in [4.78, 5) is 2.16. The molecule has 1 N–H and O–H groups in total. The van der Waals surface area contributed by atoms with Gasteiger partial charge < -0.3 is 19.5 Å². The molecule has 4 heteroatoms. The lowest BCUT2D eigenvalue weighted by molar-refractivity contribution is 0.0257. The molecule has 3 rings (SSSR count). The van der Waals surface area contributed by atoms with Gasteiger partial charge in [0, 0.05) is 18.9 Å². The van der Waals surface area contributed by atoms with E-state index in [1.807, 2.05) is 42.5 Å². The van der Waals surface area contributed by atoms with Crippen LogP contribution in [0.3, 0.4) is 0 Å². The fourth-order valence-electron chi connectivity index (χ4n) is 4.18. The number of nitrogens with zero attached hydrogens (tertiary/aromatic N) is 1. The normalized spacial score (nSPS) is 23.4. The third-order valence-corrected chi connectivity index (χ3v) is 5.64. The van der Waals surface area contributed by atoms with Gasteiger partial charge in [0.05, 0.1) is 19.8 Å². The molecule has 1 saturated carbocycles. The Morgan fingerprint density at radius 2 is 1.79 bits per heavy atom. The molecule has 2 unspecified atom stereocenters. The van der Waals surface area contributed by atoms with Gasteiger partial charge in [-0.25, -0.2) is 0 Å². The third-order valence-electron chi connectivity index (χ3n) is 5.64. The fraction of sp³-hybridized carbons (Fsp3) is 0.417. The van der Waals surface area contributed by atoms with E-state index in [1.165, 1.54) is 0 Å². The van der Waals surface area contributed by atoms with Gasteiger partial charge in [-0.15, -0.1) is 0 Å². The van der Waals surface area contributed by atoms with E-state index in [0.29, 0.717) is 6.42 Å². The van der Waals surface area contributed by atoms with E-state index in [9.17, 15) is 5.11 Å². The molecule has 2 atom stereocenters. The Kier molecular flexibility index (Phi) is 6.42. The van der Waals surface area contributed by atoms with Crippen LogP contribution in [0.2, 0.25) is 0 Å². The van der Waals surface area contributed by atoms with Crippen molar-refractivity contribution in [2.75, 3.05) is 34.9 Å². The fourth-order valence-corrected chi connectivity index (χ4v) is 4.18. The first-order chi connectivity index (χ1) is 13.4. The number of hydrogen-bond donors (Lipinski definition) is 1. The SMILES string of the molecule is COc1ccc(C=C2CCC(CN(C)C)C2(O)Cc2cccc(OC)c2)cc1. The Morgan fingerprint density at radius 1 is 1.07 bits per heavy atom. The average Bonchev–Trinajstić information content (AvgIpc) is 2.97. The Balaban J connectivity index is 1.93. The van der Waals surface area contributed by atoms with E-state index >= 15 is 0 Å². The average molecular weight is 382 g/mol. The molecule has 0 aromatic heterocycles. The van der Waals surface area contributed by atoms with Crippen molar-refractivity contribution in [1.29, 1.82) is 0 Å². The monoisotopic (exact) mass is 381 g/mol. The van der Waals surface area contributed by atoms with Crippen LogP contribution in [0.4, 0.5) is 0 Å². The summed E-state index contributed by atoms with van der Waals surface area (Å²) in [5.41, 5.74) is 2.42. The molecule has 1 fully saturated rings. The first-order valence-corrected chi connectivity index (χ1v) is 9.79. The number of aliphatic hydroxyl groups is 1. The lowest BCUT2D eigenvalue weighted by atomic mass is 9.81. The van der Waals surface area contributed by atoms with Gasteiger partial charge in [-0.3, -0.25) is 0 Å². The van der Waals surface area contributed by atoms with E-state index in [-0.39, 0.29) is 5.92 Å². The van der Waals surface area contributed by atoms with E-state index in [4.69, 9.17) is 9.47 Å². The first-order valence-electron chi connectivity index (χ1n) is 9.79. The van der Waals surface area contributed by atoms with Crippen LogP contribution in [0.5, 0.6) is 11.5 Å². The quantitative estimate of drug-likeness (QED) is 0.786. The lowest BCUT2D eigenvalue weighted by Crippen LogP contribution is -2.42. The molecule has 28 heavy (non-hydrogen) atoms. The van der Waals surface area contributed by atoms with Crippen molar-refractivity contribution in [1.82, 2.24) is 4.90 Å². The minimum atomic E-state index is -0.865. The Hall–Kier alpha value is -2.30. The number of rotatable bonds is 7. The summed E-state index contributed by atoms with van der Waals surface area (Å²) >= 11 is 0. The minimum absolute atomic E-state index is 0.193. The van der Waals surface area contributed by atoms with Gasteiger partial charge in [0.15, 0.2) is 0 Å². The van der Waals surface area contributed by atoms with Gasteiger partial charge in [-0.2, -0.15) is 0 Å². The van der Waals surface area contributed by atoms with Crippen LogP contribution in [-0.4, -0.2) is 50.5 Å². The van der Waals surface area contributed by atoms with E-state index < -0.39 is 5.60 Å². The zero-order valence-corrected chi connectivity index (χ0v) is 17.3. The molecule has 1 aliphatic rings. The maximum Gasteiger partial charge on any atom is 0.119 e. The first kappa shape index (κ1) is 20.4. The molecule has 0 heterocycles. The standard InChI is InChI=1S/C24H31NO3/c1-25(2)17-21-11-10-20(14-18-8-12-22(27-3)13-9-18)24(21,26)16-19-6-5-7-23(15-19)28-4/h5-9,12-15,21,26H,10-11,16-17H2,1-4H3. The van der Waals surface area contributed by atoms with E-state index in [0.717, 1.165) is 47.6 Å². The molecule has 150 valence electrons. The summed E-state index contributed by atoms with van der Waals surface area (Å²) in [6.45, 7) is 0.862. The van der Waals surface area contributed by atoms with Gasteiger partial charge in [0.25, 0.3) is 0 Å². The van der Waals surface area contributed by atoms with Crippen LogP contribution in [-0.2, 0) is 6.42 Å². The molecular formula is C24H31NO3. The van der Waals surface area contributed by atoms with Gasteiger partial charge in [0.2, 0.25) is 0 Å². The molecule has 0 aliphatic heterocycles. The van der Waals surface area contributed by atoms with Crippen molar-refractivity contribution in [2.45, 2.75) is 24.9 Å². The largest absolute Gasteiger partial charge is 0.497 e. The predicted molar refractivity (Wildman–Crippen MR) is 114 cm³/mol. The number of benzene rings is 2. The Labute approximate surface area is 168 Å². The van der Waals surface area contributed by atoms with Crippen LogP contribution in [0, 0.1) is 5.92 Å². The van der Waals surface area contributed by atoms with Crippen LogP contribution in [0.15, 0.2) is 54.1 Å². The van der Waals surface area contributed by atoms with Crippen molar-refractivity contribution in [3.05, 3.63) is 65.2 Å². The molecule has 2 aromatic rings. The molecule has 0 saturated heterocycles. The highest BCUT2D eigenvalue weighted by Gasteiger charge is 2.45. The highest BCUT2D eigenvalue weighted by molar-refractivity contribution is 5.57. The maximum absolute atomic E-state index is 11.9. The summed E-state index contributed by atoms with van der Waals surface area (Å²) in [7, 11) is 7.48. The van der Waals surface area contributed by atoms with Gasteiger partial charge in [-0.05, 0) is 67.9 Å². The second-order valence-corrected chi connectivity index (χ2v) is 7.89. The third kappa shape index (κ3) is 4.57. The molecule has 4 nitrogen and oxygen atoms in total. The highest BCUT2D eigenvalue weighted by atomic mass is 16.5. The van der Waals surface area contributed by atoms with Crippen molar-refractivity contribution < 1.29 is 14.6 Å². The zero-order valence-electron chi connectivity index (χ0n) is 17.3. The number of ether oxygens (including phenoxy) is 2. The van der Waals surface area contributed by atoms with Gasteiger partial charge in [-0.1, -0.05) is 30.3 Å². The predicted octanol–water partition coefficient (Wildman–Crippen LogP) is 4.03. The summed E-state index contributed by atoms with van der Waals surface area (Å²) in [6, 6.07) is 16.0. The van der Waals surface area contributed by atoms with Crippen LogP contribution in [0.25, 0.3) is 6.08 Å². The molecule has 0 radical (unpaired) electrons. The van der Waals surface area contributed by atoms with Crippen molar-refractivity contribution >= 4 is 6.08 Å². The van der Waals surface area contributed by atoms with E-state index in [1.54, 1.807) is 14.2 Å². The second kappa shape index (κ2) is 8.80. The van der Waals surface area contributed by atoms with E-state index in [2.05, 4.69) is 31.1 Å². The zero-order chi connectivity index (χ0) is 20.1. The Bertz CT molecular complexity index is 813. The van der Waals surface area contributed by atoms with Crippen molar-refractivity contribution in [2.24, 2.45) is 5.92 Å². The summed E-state index contributed by atoms with van der Waals surface area (Å²) < 4.78 is 10.6. The molecule has 0 spiro atoms. The van der Waals surface area contributed by atoms with Crippen LogP contribution < -0.4 is 9.47 Å². The summed E-state index contributed by atoms with van der Waals surface area (Å²) in [6.07, 6.45) is 4.63. The molecule has 0 amide bonds. The number of methoxy groups -OCH3 is 2.